The molecule has 0 saturated heterocycles. The lowest BCUT2D eigenvalue weighted by Crippen LogP contribution is -1.92. The van der Waals surface area contributed by atoms with E-state index in [9.17, 15) is 0 Å². The molecule has 0 heterocycles. The van der Waals surface area contributed by atoms with E-state index in [1.54, 1.807) is 0 Å². The summed E-state index contributed by atoms with van der Waals surface area (Å²) in [5.41, 5.74) is 5.00. The Morgan fingerprint density at radius 3 is 2.12 bits per heavy atom. The molecule has 0 aliphatic rings. The van der Waals surface area contributed by atoms with Crippen LogP contribution < -0.4 is 0 Å². The smallest absolute Gasteiger partial charge is 0.0681 e. The second kappa shape index (κ2) is 5.65. The van der Waals surface area contributed by atoms with E-state index in [4.69, 9.17) is 5.11 Å². The van der Waals surface area contributed by atoms with Crippen LogP contribution >= 0.6 is 0 Å². The lowest BCUT2D eigenvalue weighted by atomic mass is 10.0. The highest BCUT2D eigenvalue weighted by molar-refractivity contribution is 5.26. The Hall–Kier alpha value is -1.60. The van der Waals surface area contributed by atoms with Crippen LogP contribution in [-0.4, -0.2) is 5.11 Å². The monoisotopic (exact) mass is 226 g/mol. The number of aliphatic hydroxyl groups excluding tert-OH is 1. The van der Waals surface area contributed by atoms with Crippen molar-refractivity contribution in [1.29, 1.82) is 0 Å². The molecular weight excluding hydrogens is 208 g/mol. The van der Waals surface area contributed by atoms with Gasteiger partial charge >= 0.3 is 0 Å². The fourth-order valence-corrected chi connectivity index (χ4v) is 1.97. The van der Waals surface area contributed by atoms with Gasteiger partial charge < -0.3 is 5.11 Å². The summed E-state index contributed by atoms with van der Waals surface area (Å²) >= 11 is 0. The fraction of sp³-hybridized carbons (Fsp3) is 0.250. The molecule has 2 rings (SSSR count). The van der Waals surface area contributed by atoms with Crippen molar-refractivity contribution in [3.63, 3.8) is 0 Å². The first kappa shape index (κ1) is 11.9. The lowest BCUT2D eigenvalue weighted by Gasteiger charge is -2.04. The lowest BCUT2D eigenvalue weighted by molar-refractivity contribution is 0.282. The highest BCUT2D eigenvalue weighted by Crippen LogP contribution is 2.10. The highest BCUT2D eigenvalue weighted by Gasteiger charge is 1.97. The van der Waals surface area contributed by atoms with Gasteiger partial charge in [-0.25, -0.2) is 0 Å². The Morgan fingerprint density at radius 1 is 0.824 bits per heavy atom. The molecule has 0 saturated carbocycles. The molecule has 0 atom stereocenters. The zero-order valence-corrected chi connectivity index (χ0v) is 10.2. The molecule has 0 bridgehead atoms. The number of hydrogen-bond acceptors (Lipinski definition) is 1. The average molecular weight is 226 g/mol. The second-order valence-corrected chi connectivity index (χ2v) is 4.46. The molecule has 1 N–H and O–H groups in total. The van der Waals surface area contributed by atoms with Crippen molar-refractivity contribution in [2.75, 3.05) is 0 Å². The van der Waals surface area contributed by atoms with Crippen LogP contribution in [0.15, 0.2) is 48.5 Å². The molecule has 1 nitrogen and oxygen atoms in total. The zero-order valence-electron chi connectivity index (χ0n) is 10.2. The average Bonchev–Trinajstić information content (AvgIpc) is 2.37. The number of hydrogen-bond donors (Lipinski definition) is 1. The van der Waals surface area contributed by atoms with Gasteiger partial charge in [-0.1, -0.05) is 54.1 Å². The number of benzene rings is 2. The van der Waals surface area contributed by atoms with Crippen LogP contribution in [-0.2, 0) is 19.4 Å². The van der Waals surface area contributed by atoms with E-state index in [-0.39, 0.29) is 6.61 Å². The van der Waals surface area contributed by atoms with Gasteiger partial charge in [0, 0.05) is 0 Å². The summed E-state index contributed by atoms with van der Waals surface area (Å²) in [4.78, 5) is 0. The summed E-state index contributed by atoms with van der Waals surface area (Å²) < 4.78 is 0. The number of rotatable bonds is 4. The molecular formula is C16H18O. The SMILES string of the molecule is Cc1cccc(CCc2ccc(CO)cc2)c1. The van der Waals surface area contributed by atoms with Crippen molar-refractivity contribution in [3.05, 3.63) is 70.8 Å². The maximum absolute atomic E-state index is 8.97. The van der Waals surface area contributed by atoms with Gasteiger partial charge in [-0.2, -0.15) is 0 Å². The predicted molar refractivity (Wildman–Crippen MR) is 71.0 cm³/mol. The number of aliphatic hydroxyl groups is 1. The summed E-state index contributed by atoms with van der Waals surface area (Å²) in [5, 5.41) is 8.97. The van der Waals surface area contributed by atoms with Crippen LogP contribution in [0.1, 0.15) is 22.3 Å². The van der Waals surface area contributed by atoms with Crippen molar-refractivity contribution in [3.8, 4) is 0 Å². The van der Waals surface area contributed by atoms with Gasteiger partial charge in [0.25, 0.3) is 0 Å². The van der Waals surface area contributed by atoms with Crippen LogP contribution in [0.3, 0.4) is 0 Å². The van der Waals surface area contributed by atoms with Crippen LogP contribution in [0.5, 0.6) is 0 Å². The molecule has 17 heavy (non-hydrogen) atoms. The van der Waals surface area contributed by atoms with Crippen molar-refractivity contribution >= 4 is 0 Å². The standard InChI is InChI=1S/C16H18O/c1-13-3-2-4-15(11-13)8-5-14-6-9-16(12-17)10-7-14/h2-4,6-7,9-11,17H,5,8,12H2,1H3. The largest absolute Gasteiger partial charge is 0.392 e. The third-order valence-electron chi connectivity index (χ3n) is 2.99. The summed E-state index contributed by atoms with van der Waals surface area (Å²) in [6.45, 7) is 2.25. The van der Waals surface area contributed by atoms with E-state index in [2.05, 4.69) is 43.3 Å². The van der Waals surface area contributed by atoms with Gasteiger partial charge in [0.05, 0.1) is 6.61 Å². The molecule has 2 aromatic rings. The summed E-state index contributed by atoms with van der Waals surface area (Å²) in [5.74, 6) is 0. The molecule has 88 valence electrons. The van der Waals surface area contributed by atoms with E-state index in [1.165, 1.54) is 16.7 Å². The third-order valence-corrected chi connectivity index (χ3v) is 2.99. The van der Waals surface area contributed by atoms with Crippen LogP contribution in [0.25, 0.3) is 0 Å². The molecule has 0 aliphatic heterocycles. The number of aryl methyl sites for hydroxylation is 3. The second-order valence-electron chi connectivity index (χ2n) is 4.46. The summed E-state index contributed by atoms with van der Waals surface area (Å²) in [6, 6.07) is 16.8. The zero-order chi connectivity index (χ0) is 12.1. The minimum absolute atomic E-state index is 0.123. The molecule has 0 amide bonds. The van der Waals surface area contributed by atoms with Gasteiger partial charge in [0.15, 0.2) is 0 Å². The van der Waals surface area contributed by atoms with Crippen molar-refractivity contribution in [2.45, 2.75) is 26.4 Å². The Kier molecular flexibility index (Phi) is 3.94. The third kappa shape index (κ3) is 3.43. The molecule has 0 aromatic heterocycles. The van der Waals surface area contributed by atoms with Gasteiger partial charge in [-0.05, 0) is 36.5 Å². The first-order valence-corrected chi connectivity index (χ1v) is 6.02. The van der Waals surface area contributed by atoms with Crippen LogP contribution in [0.4, 0.5) is 0 Å². The van der Waals surface area contributed by atoms with Crippen LogP contribution in [0.2, 0.25) is 0 Å². The summed E-state index contributed by atoms with van der Waals surface area (Å²) in [6.07, 6.45) is 2.12. The molecule has 1 heteroatoms. The molecule has 0 unspecified atom stereocenters. The van der Waals surface area contributed by atoms with Crippen LogP contribution in [0, 0.1) is 6.92 Å². The Bertz CT molecular complexity index is 471. The van der Waals surface area contributed by atoms with Crippen molar-refractivity contribution < 1.29 is 5.11 Å². The maximum atomic E-state index is 8.97. The molecule has 2 aromatic carbocycles. The Balaban J connectivity index is 1.97. The van der Waals surface area contributed by atoms with E-state index in [1.807, 2.05) is 12.1 Å². The maximum Gasteiger partial charge on any atom is 0.0681 e. The predicted octanol–water partition coefficient (Wildman–Crippen LogP) is 3.27. The van der Waals surface area contributed by atoms with Crippen molar-refractivity contribution in [2.24, 2.45) is 0 Å². The minimum Gasteiger partial charge on any atom is -0.392 e. The molecule has 0 spiro atoms. The van der Waals surface area contributed by atoms with E-state index in [0.29, 0.717) is 0 Å². The van der Waals surface area contributed by atoms with Gasteiger partial charge in [0.1, 0.15) is 0 Å². The van der Waals surface area contributed by atoms with E-state index < -0.39 is 0 Å². The normalized spacial score (nSPS) is 10.5. The summed E-state index contributed by atoms with van der Waals surface area (Å²) in [7, 11) is 0. The molecule has 0 radical (unpaired) electrons. The fourth-order valence-electron chi connectivity index (χ4n) is 1.97. The first-order valence-electron chi connectivity index (χ1n) is 6.02. The Morgan fingerprint density at radius 2 is 1.47 bits per heavy atom. The molecule has 0 aliphatic carbocycles. The first-order chi connectivity index (χ1) is 8.28. The van der Waals surface area contributed by atoms with E-state index >= 15 is 0 Å². The highest BCUT2D eigenvalue weighted by atomic mass is 16.3. The quantitative estimate of drug-likeness (QED) is 0.848. The van der Waals surface area contributed by atoms with E-state index in [0.717, 1.165) is 18.4 Å². The van der Waals surface area contributed by atoms with Gasteiger partial charge in [-0.15, -0.1) is 0 Å². The molecule has 0 fully saturated rings. The van der Waals surface area contributed by atoms with Gasteiger partial charge in [-0.3, -0.25) is 0 Å². The van der Waals surface area contributed by atoms with Gasteiger partial charge in [0.2, 0.25) is 0 Å². The Labute approximate surface area is 103 Å². The van der Waals surface area contributed by atoms with Crippen molar-refractivity contribution in [1.82, 2.24) is 0 Å². The minimum atomic E-state index is 0.123. The topological polar surface area (TPSA) is 20.2 Å².